The molecule has 0 rings (SSSR count). The summed E-state index contributed by atoms with van der Waals surface area (Å²) in [5, 5.41) is 0. The smallest absolute Gasteiger partial charge is 0.0421 e. The van der Waals surface area contributed by atoms with Crippen LogP contribution < -0.4 is 0 Å². The molecule has 0 spiro atoms. The number of ether oxygens (including phenoxy) is 1. The molecule has 0 atom stereocenters. The molecule has 45 valence electrons. The van der Waals surface area contributed by atoms with Gasteiger partial charge in [0.1, 0.15) is 0 Å². The minimum absolute atomic E-state index is 0. The molecule has 0 aliphatic rings. The van der Waals surface area contributed by atoms with Crippen molar-refractivity contribution in [2.24, 2.45) is 0 Å². The first-order chi connectivity index (χ1) is 3.41. The van der Waals surface area contributed by atoms with Crippen LogP contribution in [0.3, 0.4) is 0 Å². The summed E-state index contributed by atoms with van der Waals surface area (Å²) in [6.45, 7) is 6.94. The van der Waals surface area contributed by atoms with Gasteiger partial charge >= 0.3 is 0 Å². The van der Waals surface area contributed by atoms with Gasteiger partial charge in [0.2, 0.25) is 0 Å². The summed E-state index contributed by atoms with van der Waals surface area (Å²) in [6.07, 6.45) is 3.61. The van der Waals surface area contributed by atoms with Crippen LogP contribution >= 0.6 is 0 Å². The molecule has 0 saturated heterocycles. The van der Waals surface area contributed by atoms with Gasteiger partial charge in [0.25, 0.3) is 0 Å². The van der Waals surface area contributed by atoms with Crippen LogP contribution in [0.2, 0.25) is 0 Å². The summed E-state index contributed by atoms with van der Waals surface area (Å²) in [7, 11) is 0. The molecule has 0 saturated carbocycles. The second kappa shape index (κ2) is 10.6. The van der Waals surface area contributed by atoms with E-state index in [1.165, 1.54) is 0 Å². The summed E-state index contributed by atoms with van der Waals surface area (Å²) in [6, 6.07) is 0. The summed E-state index contributed by atoms with van der Waals surface area (Å²) in [5.74, 6) is 0. The molecule has 8 heavy (non-hydrogen) atoms. The van der Waals surface area contributed by atoms with E-state index < -0.39 is 0 Å². The van der Waals surface area contributed by atoms with Gasteiger partial charge in [0.15, 0.2) is 0 Å². The maximum Gasteiger partial charge on any atom is 0.0421 e. The Morgan fingerprint density at radius 2 is 2.25 bits per heavy atom. The Hall–Kier alpha value is 0.674. The minimum atomic E-state index is 0. The van der Waals surface area contributed by atoms with Crippen LogP contribution in [-0.2, 0) is 37.4 Å². The van der Waals surface area contributed by atoms with E-state index in [9.17, 15) is 0 Å². The van der Waals surface area contributed by atoms with E-state index in [1.54, 1.807) is 6.08 Å². The summed E-state index contributed by atoms with van der Waals surface area (Å²) < 4.78 is 4.95. The van der Waals surface area contributed by atoms with Crippen molar-refractivity contribution in [2.75, 3.05) is 13.2 Å². The number of hydrogen-bond acceptors (Lipinski definition) is 1. The number of allylic oxidation sites excluding steroid dienone is 1. The SMILES string of the molecule is [CH2-]/C=C/COCC.[Y]. The van der Waals surface area contributed by atoms with E-state index in [4.69, 9.17) is 4.74 Å². The Morgan fingerprint density at radius 3 is 2.62 bits per heavy atom. The Balaban J connectivity index is 0. The first-order valence-electron chi connectivity index (χ1n) is 2.43. The van der Waals surface area contributed by atoms with Crippen LogP contribution in [0.1, 0.15) is 6.92 Å². The van der Waals surface area contributed by atoms with Crippen molar-refractivity contribution in [1.29, 1.82) is 0 Å². The Morgan fingerprint density at radius 1 is 1.62 bits per heavy atom. The van der Waals surface area contributed by atoms with E-state index in [1.807, 2.05) is 13.0 Å². The fraction of sp³-hybridized carbons (Fsp3) is 0.500. The number of rotatable bonds is 3. The van der Waals surface area contributed by atoms with Gasteiger partial charge < -0.3 is 4.74 Å². The third kappa shape index (κ3) is 9.84. The standard InChI is InChI=1S/C6H11O.Y/c1-3-5-6-7-4-2;/h3,5H,1,4,6H2,2H3;/q-1;/b5-3+;. The third-order valence-corrected chi connectivity index (χ3v) is 0.585. The average molecular weight is 188 g/mol. The van der Waals surface area contributed by atoms with Crippen molar-refractivity contribution in [3.8, 4) is 0 Å². The van der Waals surface area contributed by atoms with Crippen LogP contribution in [0.15, 0.2) is 12.2 Å². The maximum atomic E-state index is 4.95. The molecule has 0 N–H and O–H groups in total. The predicted octanol–water partition coefficient (Wildman–Crippen LogP) is 1.41. The molecule has 0 aromatic rings. The average Bonchev–Trinajstić information content (AvgIpc) is 1.69. The number of hydrogen-bond donors (Lipinski definition) is 0. The Bertz CT molecular complexity index is 52.5. The monoisotopic (exact) mass is 188 g/mol. The van der Waals surface area contributed by atoms with Crippen molar-refractivity contribution in [2.45, 2.75) is 6.92 Å². The van der Waals surface area contributed by atoms with Crippen LogP contribution in [0, 0.1) is 6.92 Å². The van der Waals surface area contributed by atoms with E-state index in [-0.39, 0.29) is 32.7 Å². The van der Waals surface area contributed by atoms with Gasteiger partial charge in [0, 0.05) is 45.9 Å². The van der Waals surface area contributed by atoms with Gasteiger partial charge in [-0.05, 0) is 6.92 Å². The van der Waals surface area contributed by atoms with Crippen LogP contribution in [-0.4, -0.2) is 13.2 Å². The molecule has 0 aliphatic carbocycles. The van der Waals surface area contributed by atoms with Crippen molar-refractivity contribution in [1.82, 2.24) is 0 Å². The first kappa shape index (κ1) is 11.5. The maximum absolute atomic E-state index is 4.95. The third-order valence-electron chi connectivity index (χ3n) is 0.585. The zero-order valence-electron chi connectivity index (χ0n) is 5.26. The Labute approximate surface area is 76.4 Å². The van der Waals surface area contributed by atoms with E-state index >= 15 is 0 Å². The van der Waals surface area contributed by atoms with Crippen LogP contribution in [0.5, 0.6) is 0 Å². The molecule has 0 unspecified atom stereocenters. The van der Waals surface area contributed by atoms with Crippen LogP contribution in [0.25, 0.3) is 0 Å². The molecule has 0 heterocycles. The van der Waals surface area contributed by atoms with Crippen molar-refractivity contribution >= 4 is 0 Å². The fourth-order valence-corrected chi connectivity index (χ4v) is 0.254. The summed E-state index contributed by atoms with van der Waals surface area (Å²) >= 11 is 0. The molecule has 0 fully saturated rings. The van der Waals surface area contributed by atoms with Crippen molar-refractivity contribution in [3.05, 3.63) is 19.1 Å². The molecule has 0 aromatic heterocycles. The zero-order valence-corrected chi connectivity index (χ0v) is 8.10. The molecule has 1 radical (unpaired) electrons. The van der Waals surface area contributed by atoms with E-state index in [0.717, 1.165) is 6.61 Å². The van der Waals surface area contributed by atoms with Gasteiger partial charge in [-0.2, -0.15) is 0 Å². The molecule has 0 aliphatic heterocycles. The Kier molecular flexibility index (Phi) is 15.2. The second-order valence-electron chi connectivity index (χ2n) is 1.13. The predicted molar refractivity (Wildman–Crippen MR) is 31.0 cm³/mol. The van der Waals surface area contributed by atoms with Crippen LogP contribution in [0.4, 0.5) is 0 Å². The van der Waals surface area contributed by atoms with Gasteiger partial charge in [-0.3, -0.25) is 0 Å². The van der Waals surface area contributed by atoms with E-state index in [2.05, 4.69) is 6.92 Å². The zero-order chi connectivity index (χ0) is 5.54. The summed E-state index contributed by atoms with van der Waals surface area (Å²) in [4.78, 5) is 0. The van der Waals surface area contributed by atoms with Gasteiger partial charge in [-0.1, -0.05) is 0 Å². The fourth-order valence-electron chi connectivity index (χ4n) is 0.254. The molecule has 0 aromatic carbocycles. The largest absolute Gasteiger partial charge is 0.396 e. The quantitative estimate of drug-likeness (QED) is 0.480. The second-order valence-corrected chi connectivity index (χ2v) is 1.13. The van der Waals surface area contributed by atoms with Gasteiger partial charge in [-0.25, -0.2) is 19.1 Å². The minimum Gasteiger partial charge on any atom is -0.396 e. The first-order valence-corrected chi connectivity index (χ1v) is 2.43. The van der Waals surface area contributed by atoms with Gasteiger partial charge in [-0.15, -0.1) is 0 Å². The molecule has 0 amide bonds. The van der Waals surface area contributed by atoms with Gasteiger partial charge in [0.05, 0.1) is 0 Å². The molecule has 1 nitrogen and oxygen atoms in total. The molecular formula is C6H11OY-. The van der Waals surface area contributed by atoms with E-state index in [0.29, 0.717) is 6.61 Å². The topological polar surface area (TPSA) is 9.23 Å². The van der Waals surface area contributed by atoms with Crippen molar-refractivity contribution in [3.63, 3.8) is 0 Å². The normalized spacial score (nSPS) is 9.12. The van der Waals surface area contributed by atoms with Crippen molar-refractivity contribution < 1.29 is 37.4 Å². The summed E-state index contributed by atoms with van der Waals surface area (Å²) in [5.41, 5.74) is 0. The molecule has 2 heteroatoms. The molecule has 0 bridgehead atoms. The molecular weight excluding hydrogens is 177 g/mol.